The topological polar surface area (TPSA) is 120 Å². The lowest BCUT2D eigenvalue weighted by atomic mass is 9.96. The zero-order valence-electron chi connectivity index (χ0n) is 17.1. The van der Waals surface area contributed by atoms with E-state index in [0.717, 1.165) is 55.5 Å². The Morgan fingerprint density at radius 3 is 2.79 bits per heavy atom. The highest BCUT2D eigenvalue weighted by Gasteiger charge is 2.21. The fraction of sp³-hybridized carbons (Fsp3) is 0.524. The van der Waals surface area contributed by atoms with E-state index in [1.807, 2.05) is 13.8 Å². The number of pyridine rings is 1. The number of hydrogen-bond acceptors (Lipinski definition) is 4. The van der Waals surface area contributed by atoms with Crippen molar-refractivity contribution in [3.05, 3.63) is 50.7 Å². The lowest BCUT2D eigenvalue weighted by molar-refractivity contribution is 0.0936. The number of rotatable bonds is 8. The maximum Gasteiger partial charge on any atom is 0.272 e. The molecule has 2 aromatic heterocycles. The Morgan fingerprint density at radius 2 is 2.00 bits per heavy atom. The third-order valence-electron chi connectivity index (χ3n) is 5.19. The van der Waals surface area contributed by atoms with Crippen LogP contribution in [0, 0.1) is 0 Å². The Bertz CT molecular complexity index is 931. The molecule has 0 aliphatic heterocycles. The van der Waals surface area contributed by atoms with Crippen LogP contribution in [-0.4, -0.2) is 39.6 Å². The van der Waals surface area contributed by atoms with E-state index in [-0.39, 0.29) is 23.4 Å². The highest BCUT2D eigenvalue weighted by atomic mass is 16.2. The number of H-pyrrole nitrogens is 2. The Hall–Kier alpha value is -2.90. The Morgan fingerprint density at radius 1 is 1.21 bits per heavy atom. The highest BCUT2D eigenvalue weighted by molar-refractivity contribution is 5.94. The molecule has 29 heavy (non-hydrogen) atoms. The SMILES string of the molecule is CCCc1cc(C(=O)N[C@@H](C)CCNC(=O)c2n[nH]c3c2CCCC3)cc(=O)[nH]1. The van der Waals surface area contributed by atoms with E-state index in [1.54, 1.807) is 6.07 Å². The number of nitrogens with one attached hydrogen (secondary N) is 4. The molecule has 2 amide bonds. The van der Waals surface area contributed by atoms with Gasteiger partial charge in [0.1, 0.15) is 0 Å². The molecule has 0 unspecified atom stereocenters. The van der Waals surface area contributed by atoms with Crippen LogP contribution in [0.4, 0.5) is 0 Å². The van der Waals surface area contributed by atoms with Gasteiger partial charge in [0, 0.05) is 41.2 Å². The number of aromatic nitrogens is 3. The first-order chi connectivity index (χ1) is 14.0. The molecule has 2 aromatic rings. The average Bonchev–Trinajstić information content (AvgIpc) is 3.12. The standard InChI is InChI=1S/C21H29N5O3/c1-3-6-15-11-14(12-18(27)24-15)20(28)23-13(2)9-10-22-21(29)19-16-7-4-5-8-17(16)25-26-19/h11-13H,3-10H2,1-2H3,(H,22,29)(H,23,28)(H,24,27)(H,25,26)/t13-/m0/s1. The lowest BCUT2D eigenvalue weighted by Gasteiger charge is -2.15. The number of fused-ring (bicyclic) bond motifs is 1. The molecule has 0 radical (unpaired) electrons. The molecule has 0 fully saturated rings. The number of aryl methyl sites for hydroxylation is 2. The van der Waals surface area contributed by atoms with Gasteiger partial charge in [-0.15, -0.1) is 0 Å². The van der Waals surface area contributed by atoms with Crippen molar-refractivity contribution in [2.75, 3.05) is 6.54 Å². The fourth-order valence-electron chi connectivity index (χ4n) is 3.67. The van der Waals surface area contributed by atoms with Crippen molar-refractivity contribution in [2.45, 2.75) is 64.8 Å². The molecule has 0 bridgehead atoms. The molecule has 8 heteroatoms. The molecule has 1 aliphatic rings. The minimum Gasteiger partial charge on any atom is -0.351 e. The van der Waals surface area contributed by atoms with Gasteiger partial charge in [0.05, 0.1) is 0 Å². The average molecular weight is 399 g/mol. The van der Waals surface area contributed by atoms with Crippen LogP contribution in [-0.2, 0) is 19.3 Å². The van der Waals surface area contributed by atoms with E-state index in [9.17, 15) is 14.4 Å². The van der Waals surface area contributed by atoms with Crippen molar-refractivity contribution in [3.8, 4) is 0 Å². The summed E-state index contributed by atoms with van der Waals surface area (Å²) in [4.78, 5) is 39.4. The molecule has 0 saturated heterocycles. The van der Waals surface area contributed by atoms with E-state index >= 15 is 0 Å². The summed E-state index contributed by atoms with van der Waals surface area (Å²) < 4.78 is 0. The predicted octanol–water partition coefficient (Wildman–Crippen LogP) is 1.87. The van der Waals surface area contributed by atoms with Crippen molar-refractivity contribution in [1.29, 1.82) is 0 Å². The van der Waals surface area contributed by atoms with Gasteiger partial charge in [-0.25, -0.2) is 0 Å². The molecule has 156 valence electrons. The first-order valence-corrected chi connectivity index (χ1v) is 10.4. The summed E-state index contributed by atoms with van der Waals surface area (Å²) >= 11 is 0. The van der Waals surface area contributed by atoms with Gasteiger partial charge in [0.25, 0.3) is 11.8 Å². The normalized spacial score (nSPS) is 14.1. The van der Waals surface area contributed by atoms with Gasteiger partial charge in [-0.3, -0.25) is 19.5 Å². The van der Waals surface area contributed by atoms with Crippen LogP contribution in [0.15, 0.2) is 16.9 Å². The minimum absolute atomic E-state index is 0.148. The Labute approximate surface area is 169 Å². The van der Waals surface area contributed by atoms with E-state index in [4.69, 9.17) is 0 Å². The highest BCUT2D eigenvalue weighted by Crippen LogP contribution is 2.21. The first-order valence-electron chi connectivity index (χ1n) is 10.4. The van der Waals surface area contributed by atoms with Crippen LogP contribution in [0.2, 0.25) is 0 Å². The number of carbonyl (C=O) groups excluding carboxylic acids is 2. The maximum absolute atomic E-state index is 12.4. The van der Waals surface area contributed by atoms with Crippen LogP contribution in [0.25, 0.3) is 0 Å². The Kier molecular flexibility index (Phi) is 6.85. The quantitative estimate of drug-likeness (QED) is 0.542. The largest absolute Gasteiger partial charge is 0.351 e. The third-order valence-corrected chi connectivity index (χ3v) is 5.19. The lowest BCUT2D eigenvalue weighted by Crippen LogP contribution is -2.36. The second-order valence-electron chi connectivity index (χ2n) is 7.66. The monoisotopic (exact) mass is 399 g/mol. The molecule has 3 rings (SSSR count). The van der Waals surface area contributed by atoms with Gasteiger partial charge >= 0.3 is 0 Å². The summed E-state index contributed by atoms with van der Waals surface area (Å²) in [6.07, 6.45) is 6.22. The molecular weight excluding hydrogens is 370 g/mol. The van der Waals surface area contributed by atoms with Gasteiger partial charge in [0.15, 0.2) is 5.69 Å². The molecule has 4 N–H and O–H groups in total. The zero-order chi connectivity index (χ0) is 20.8. The summed E-state index contributed by atoms with van der Waals surface area (Å²) in [6, 6.07) is 2.88. The summed E-state index contributed by atoms with van der Waals surface area (Å²) in [5.41, 5.74) is 3.44. The van der Waals surface area contributed by atoms with Gasteiger partial charge in [-0.1, -0.05) is 13.3 Å². The summed E-state index contributed by atoms with van der Waals surface area (Å²) in [5, 5.41) is 12.9. The number of carbonyl (C=O) groups is 2. The summed E-state index contributed by atoms with van der Waals surface area (Å²) in [7, 11) is 0. The third kappa shape index (κ3) is 5.34. The molecule has 1 aliphatic carbocycles. The number of nitrogens with zero attached hydrogens (tertiary/aromatic N) is 1. The van der Waals surface area contributed by atoms with Gasteiger partial charge in [-0.05, 0) is 51.5 Å². The minimum atomic E-state index is -0.284. The van der Waals surface area contributed by atoms with Crippen molar-refractivity contribution in [1.82, 2.24) is 25.8 Å². The van der Waals surface area contributed by atoms with Crippen LogP contribution in [0.3, 0.4) is 0 Å². The van der Waals surface area contributed by atoms with Crippen molar-refractivity contribution in [2.24, 2.45) is 0 Å². The van der Waals surface area contributed by atoms with E-state index in [1.165, 1.54) is 6.07 Å². The van der Waals surface area contributed by atoms with Crippen LogP contribution >= 0.6 is 0 Å². The zero-order valence-corrected chi connectivity index (χ0v) is 17.1. The number of aromatic amines is 2. The maximum atomic E-state index is 12.4. The number of amides is 2. The predicted molar refractivity (Wildman–Crippen MR) is 110 cm³/mol. The van der Waals surface area contributed by atoms with E-state index in [2.05, 4.69) is 25.8 Å². The van der Waals surface area contributed by atoms with E-state index in [0.29, 0.717) is 24.2 Å². The van der Waals surface area contributed by atoms with Crippen LogP contribution in [0.5, 0.6) is 0 Å². The van der Waals surface area contributed by atoms with Gasteiger partial charge in [0.2, 0.25) is 5.56 Å². The van der Waals surface area contributed by atoms with Crippen LogP contribution in [0.1, 0.15) is 77.3 Å². The smallest absolute Gasteiger partial charge is 0.272 e. The molecule has 0 spiro atoms. The molecule has 8 nitrogen and oxygen atoms in total. The summed E-state index contributed by atoms with van der Waals surface area (Å²) in [6.45, 7) is 4.32. The van der Waals surface area contributed by atoms with Crippen LogP contribution < -0.4 is 16.2 Å². The van der Waals surface area contributed by atoms with Crippen molar-refractivity contribution >= 4 is 11.8 Å². The second kappa shape index (κ2) is 9.54. The molecule has 0 aromatic carbocycles. The second-order valence-corrected chi connectivity index (χ2v) is 7.66. The molecule has 2 heterocycles. The Balaban J connectivity index is 1.49. The first kappa shape index (κ1) is 20.8. The van der Waals surface area contributed by atoms with Crippen molar-refractivity contribution in [3.63, 3.8) is 0 Å². The van der Waals surface area contributed by atoms with Crippen molar-refractivity contribution < 1.29 is 9.59 Å². The molecule has 1 atom stereocenters. The molecule has 0 saturated carbocycles. The molecular formula is C21H29N5O3. The fourth-order valence-corrected chi connectivity index (χ4v) is 3.67. The summed E-state index contributed by atoms with van der Waals surface area (Å²) in [5.74, 6) is -0.463. The van der Waals surface area contributed by atoms with Gasteiger partial charge in [-0.2, -0.15) is 5.10 Å². The van der Waals surface area contributed by atoms with E-state index < -0.39 is 0 Å². The number of hydrogen-bond donors (Lipinski definition) is 4. The van der Waals surface area contributed by atoms with Gasteiger partial charge < -0.3 is 15.6 Å².